The molecule has 20 heavy (non-hydrogen) atoms. The van der Waals surface area contributed by atoms with Gasteiger partial charge in [-0.3, -0.25) is 0 Å². The molecule has 1 heterocycles. The van der Waals surface area contributed by atoms with Crippen molar-refractivity contribution >= 4 is 39.9 Å². The van der Waals surface area contributed by atoms with Crippen LogP contribution in [0.5, 0.6) is 0 Å². The smallest absolute Gasteiger partial charge is 0.141 e. The summed E-state index contributed by atoms with van der Waals surface area (Å²) in [6, 6.07) is 13.8. The number of hydrogen-bond acceptors (Lipinski definition) is 5. The molecule has 2 aromatic carbocycles. The van der Waals surface area contributed by atoms with E-state index in [-0.39, 0.29) is 0 Å². The third kappa shape index (κ3) is 2.40. The molecule has 100 valence electrons. The number of aromatic nitrogens is 2. The average molecular weight is 282 g/mol. The summed E-state index contributed by atoms with van der Waals surface area (Å²) in [4.78, 5) is 9.76. The van der Waals surface area contributed by atoms with E-state index >= 15 is 0 Å². The monoisotopic (exact) mass is 282 g/mol. The molecule has 3 aromatic rings. The quantitative estimate of drug-likeness (QED) is 0.567. The summed E-state index contributed by atoms with van der Waals surface area (Å²) in [5.74, 6) is 0.767. The van der Waals surface area contributed by atoms with Crippen LogP contribution in [0.2, 0.25) is 0 Å². The molecule has 0 bridgehead atoms. The Morgan fingerprint density at radius 2 is 1.95 bits per heavy atom. The standard InChI is InChI=1S/C15H14N4S/c1-20-14-5-3-2-4-13(14)19-15-11-8-10(16)6-7-12(11)17-9-18-15/h2-9H,16H2,1H3,(H,17,18,19). The van der Waals surface area contributed by atoms with Crippen molar-refractivity contribution in [3.05, 3.63) is 48.8 Å². The highest BCUT2D eigenvalue weighted by molar-refractivity contribution is 7.98. The lowest BCUT2D eigenvalue weighted by Gasteiger charge is -2.11. The Morgan fingerprint density at radius 3 is 2.80 bits per heavy atom. The lowest BCUT2D eigenvalue weighted by atomic mass is 10.2. The van der Waals surface area contributed by atoms with Gasteiger partial charge in [-0.15, -0.1) is 11.8 Å². The van der Waals surface area contributed by atoms with Gasteiger partial charge in [0.05, 0.1) is 11.2 Å². The number of nitrogen functional groups attached to an aromatic ring is 1. The van der Waals surface area contributed by atoms with Crippen LogP contribution in [0.4, 0.5) is 17.2 Å². The van der Waals surface area contributed by atoms with Gasteiger partial charge in [0, 0.05) is 16.0 Å². The number of fused-ring (bicyclic) bond motifs is 1. The van der Waals surface area contributed by atoms with E-state index in [9.17, 15) is 0 Å². The van der Waals surface area contributed by atoms with Crippen LogP contribution in [0.15, 0.2) is 53.7 Å². The maximum Gasteiger partial charge on any atom is 0.141 e. The molecule has 0 aliphatic carbocycles. The minimum atomic E-state index is 0.702. The van der Waals surface area contributed by atoms with Gasteiger partial charge in [-0.05, 0) is 36.6 Å². The first-order valence-corrected chi connectivity index (χ1v) is 7.40. The topological polar surface area (TPSA) is 63.8 Å². The van der Waals surface area contributed by atoms with Crippen molar-refractivity contribution in [2.75, 3.05) is 17.3 Å². The largest absolute Gasteiger partial charge is 0.399 e. The zero-order valence-electron chi connectivity index (χ0n) is 11.0. The summed E-state index contributed by atoms with van der Waals surface area (Å²) in [6.45, 7) is 0. The van der Waals surface area contributed by atoms with E-state index < -0.39 is 0 Å². The second-order valence-electron chi connectivity index (χ2n) is 4.32. The Balaban J connectivity index is 2.08. The number of nitrogens with one attached hydrogen (secondary N) is 1. The molecule has 0 saturated carbocycles. The third-order valence-electron chi connectivity index (χ3n) is 3.02. The van der Waals surface area contributed by atoms with Gasteiger partial charge < -0.3 is 11.1 Å². The molecular weight excluding hydrogens is 268 g/mol. The van der Waals surface area contributed by atoms with E-state index in [2.05, 4.69) is 27.6 Å². The molecule has 3 rings (SSSR count). The minimum Gasteiger partial charge on any atom is -0.399 e. The maximum atomic E-state index is 5.85. The van der Waals surface area contributed by atoms with Crippen molar-refractivity contribution in [1.82, 2.24) is 9.97 Å². The number of anilines is 3. The molecular formula is C15H14N4S. The highest BCUT2D eigenvalue weighted by atomic mass is 32.2. The summed E-state index contributed by atoms with van der Waals surface area (Å²) in [7, 11) is 0. The molecule has 0 saturated heterocycles. The normalized spacial score (nSPS) is 10.7. The Bertz CT molecular complexity index is 758. The lowest BCUT2D eigenvalue weighted by Crippen LogP contribution is -1.98. The summed E-state index contributed by atoms with van der Waals surface area (Å²) in [6.07, 6.45) is 3.61. The van der Waals surface area contributed by atoms with E-state index in [4.69, 9.17) is 5.73 Å². The van der Waals surface area contributed by atoms with Crippen molar-refractivity contribution in [2.45, 2.75) is 4.90 Å². The van der Waals surface area contributed by atoms with Crippen LogP contribution in [-0.4, -0.2) is 16.2 Å². The van der Waals surface area contributed by atoms with Crippen LogP contribution >= 0.6 is 11.8 Å². The number of benzene rings is 2. The SMILES string of the molecule is CSc1ccccc1Nc1ncnc2ccc(N)cc12. The molecule has 5 heteroatoms. The first-order chi connectivity index (χ1) is 9.78. The highest BCUT2D eigenvalue weighted by Crippen LogP contribution is 2.30. The van der Waals surface area contributed by atoms with Gasteiger partial charge in [0.1, 0.15) is 12.1 Å². The zero-order chi connectivity index (χ0) is 13.9. The fourth-order valence-corrected chi connectivity index (χ4v) is 2.60. The zero-order valence-corrected chi connectivity index (χ0v) is 11.8. The van der Waals surface area contributed by atoms with Crippen LogP contribution in [0.25, 0.3) is 10.9 Å². The summed E-state index contributed by atoms with van der Waals surface area (Å²) >= 11 is 1.69. The first kappa shape index (κ1) is 12.7. The van der Waals surface area contributed by atoms with E-state index in [1.165, 1.54) is 4.90 Å². The van der Waals surface area contributed by atoms with Gasteiger partial charge in [0.25, 0.3) is 0 Å². The minimum absolute atomic E-state index is 0.702. The molecule has 0 radical (unpaired) electrons. The molecule has 0 fully saturated rings. The number of nitrogens with two attached hydrogens (primary N) is 1. The van der Waals surface area contributed by atoms with E-state index in [0.29, 0.717) is 5.69 Å². The van der Waals surface area contributed by atoms with Gasteiger partial charge in [0.2, 0.25) is 0 Å². The van der Waals surface area contributed by atoms with Gasteiger partial charge in [0.15, 0.2) is 0 Å². The molecule has 0 aliphatic rings. The Hall–Kier alpha value is -2.27. The van der Waals surface area contributed by atoms with Crippen molar-refractivity contribution in [2.24, 2.45) is 0 Å². The molecule has 4 nitrogen and oxygen atoms in total. The van der Waals surface area contributed by atoms with Crippen LogP contribution in [0.3, 0.4) is 0 Å². The number of para-hydroxylation sites is 1. The van der Waals surface area contributed by atoms with Gasteiger partial charge in [-0.1, -0.05) is 12.1 Å². The number of thioether (sulfide) groups is 1. The number of nitrogens with zero attached hydrogens (tertiary/aromatic N) is 2. The fraction of sp³-hybridized carbons (Fsp3) is 0.0667. The Morgan fingerprint density at radius 1 is 1.10 bits per heavy atom. The summed E-state index contributed by atoms with van der Waals surface area (Å²) < 4.78 is 0. The molecule has 0 aliphatic heterocycles. The number of rotatable bonds is 3. The molecule has 1 aromatic heterocycles. The van der Waals surface area contributed by atoms with Crippen molar-refractivity contribution in [1.29, 1.82) is 0 Å². The second-order valence-corrected chi connectivity index (χ2v) is 5.17. The Kier molecular flexibility index (Phi) is 3.43. The second kappa shape index (κ2) is 5.38. The fourth-order valence-electron chi connectivity index (χ4n) is 2.05. The molecule has 0 spiro atoms. The molecule has 0 amide bonds. The predicted octanol–water partition coefficient (Wildman–Crippen LogP) is 3.68. The Labute approximate surface area is 121 Å². The van der Waals surface area contributed by atoms with Crippen LogP contribution in [0.1, 0.15) is 0 Å². The lowest BCUT2D eigenvalue weighted by molar-refractivity contribution is 1.21. The summed E-state index contributed by atoms with van der Waals surface area (Å²) in [5, 5.41) is 4.29. The highest BCUT2D eigenvalue weighted by Gasteiger charge is 2.06. The van der Waals surface area contributed by atoms with Gasteiger partial charge in [-0.25, -0.2) is 9.97 Å². The third-order valence-corrected chi connectivity index (χ3v) is 3.82. The molecule has 3 N–H and O–H groups in total. The average Bonchev–Trinajstić information content (AvgIpc) is 2.48. The molecule has 0 unspecified atom stereocenters. The van der Waals surface area contributed by atoms with Crippen LogP contribution in [-0.2, 0) is 0 Å². The van der Waals surface area contributed by atoms with Gasteiger partial charge >= 0.3 is 0 Å². The van der Waals surface area contributed by atoms with E-state index in [1.807, 2.05) is 36.4 Å². The van der Waals surface area contributed by atoms with Crippen molar-refractivity contribution in [3.63, 3.8) is 0 Å². The van der Waals surface area contributed by atoms with Crippen molar-refractivity contribution < 1.29 is 0 Å². The first-order valence-electron chi connectivity index (χ1n) is 6.18. The maximum absolute atomic E-state index is 5.85. The van der Waals surface area contributed by atoms with Gasteiger partial charge in [-0.2, -0.15) is 0 Å². The van der Waals surface area contributed by atoms with E-state index in [0.717, 1.165) is 22.4 Å². The van der Waals surface area contributed by atoms with Crippen LogP contribution in [0, 0.1) is 0 Å². The van der Waals surface area contributed by atoms with E-state index in [1.54, 1.807) is 18.1 Å². The number of hydrogen-bond donors (Lipinski definition) is 2. The molecule has 0 atom stereocenters. The van der Waals surface area contributed by atoms with Crippen molar-refractivity contribution in [3.8, 4) is 0 Å². The summed E-state index contributed by atoms with van der Waals surface area (Å²) in [5.41, 5.74) is 8.46. The van der Waals surface area contributed by atoms with Crippen LogP contribution < -0.4 is 11.1 Å². The predicted molar refractivity (Wildman–Crippen MR) is 85.5 cm³/mol.